The third-order valence-electron chi connectivity index (χ3n) is 13.5. The van der Waals surface area contributed by atoms with Crippen LogP contribution in [0.15, 0.2) is 241 Å². The van der Waals surface area contributed by atoms with E-state index >= 15 is 0 Å². The monoisotopic (exact) mass is 831 g/mol. The zero-order chi connectivity index (χ0) is 43.5. The molecule has 308 valence electrons. The highest BCUT2D eigenvalue weighted by molar-refractivity contribution is 6.12. The van der Waals surface area contributed by atoms with Crippen molar-refractivity contribution in [3.63, 3.8) is 0 Å². The van der Waals surface area contributed by atoms with Gasteiger partial charge in [-0.3, -0.25) is 0 Å². The Balaban J connectivity index is 0.973. The molecule has 1 aromatic heterocycles. The molecule has 1 aliphatic rings. The Labute approximate surface area is 380 Å². The van der Waals surface area contributed by atoms with E-state index in [4.69, 9.17) is 4.42 Å². The van der Waals surface area contributed by atoms with Crippen molar-refractivity contribution >= 4 is 39.0 Å². The van der Waals surface area contributed by atoms with E-state index in [0.717, 1.165) is 50.1 Å². The van der Waals surface area contributed by atoms with Gasteiger partial charge in [-0.15, -0.1) is 0 Å². The summed E-state index contributed by atoms with van der Waals surface area (Å²) < 4.78 is 6.27. The minimum atomic E-state index is -0.176. The maximum Gasteiger partial charge on any atom is 0.136 e. The summed E-state index contributed by atoms with van der Waals surface area (Å²) in [5.74, 6) is 0. The Morgan fingerprint density at radius 1 is 0.323 bits per heavy atom. The summed E-state index contributed by atoms with van der Waals surface area (Å²) in [4.78, 5) is 2.38. The smallest absolute Gasteiger partial charge is 0.136 e. The van der Waals surface area contributed by atoms with Gasteiger partial charge >= 0.3 is 0 Å². The van der Waals surface area contributed by atoms with Gasteiger partial charge in [-0.2, -0.15) is 0 Å². The second kappa shape index (κ2) is 15.6. The van der Waals surface area contributed by atoms with E-state index in [0.29, 0.717) is 0 Å². The van der Waals surface area contributed by atoms with E-state index in [-0.39, 0.29) is 5.41 Å². The van der Waals surface area contributed by atoms with Crippen LogP contribution in [0.3, 0.4) is 0 Å². The Morgan fingerprint density at radius 3 is 1.54 bits per heavy atom. The summed E-state index contributed by atoms with van der Waals surface area (Å²) in [6.07, 6.45) is 0. The van der Waals surface area contributed by atoms with Gasteiger partial charge < -0.3 is 9.32 Å². The van der Waals surface area contributed by atoms with Gasteiger partial charge in [0.1, 0.15) is 11.2 Å². The second-order valence-corrected chi connectivity index (χ2v) is 17.7. The molecule has 2 heteroatoms. The average molecular weight is 832 g/mol. The van der Waals surface area contributed by atoms with Gasteiger partial charge in [0, 0.05) is 33.2 Å². The van der Waals surface area contributed by atoms with Gasteiger partial charge in [-0.25, -0.2) is 0 Å². The summed E-state index contributed by atoms with van der Waals surface area (Å²) in [5.41, 5.74) is 22.3. The van der Waals surface area contributed by atoms with Crippen LogP contribution < -0.4 is 4.90 Å². The average Bonchev–Trinajstić information content (AvgIpc) is 3.87. The standard InChI is InChI=1S/C63H45NO/c1-63(2)57-37-32-48(39-56(57)61-55(45-20-10-5-11-21-45)40-49(41-58(61)63)43-18-8-4-9-19-43)47-22-14-23-52(38-47)64(50-33-28-44(29-34-50)42-16-6-3-7-17-42)51-35-30-46(31-36-51)53-25-15-27-60-62(53)54-24-12-13-26-59(54)65-60/h3-41H,1-2H3. The van der Waals surface area contributed by atoms with E-state index in [2.05, 4.69) is 243 Å². The molecule has 0 atom stereocenters. The third-order valence-corrected chi connectivity index (χ3v) is 13.5. The molecule has 0 aliphatic heterocycles. The van der Waals surface area contributed by atoms with Gasteiger partial charge in [0.15, 0.2) is 0 Å². The maximum absolute atomic E-state index is 6.27. The number of benzene rings is 10. The van der Waals surface area contributed by atoms with E-state index in [1.165, 1.54) is 66.8 Å². The fourth-order valence-electron chi connectivity index (χ4n) is 10.2. The number of hydrogen-bond donors (Lipinski definition) is 0. The first-order chi connectivity index (χ1) is 32.0. The Kier molecular flexibility index (Phi) is 9.21. The number of furan rings is 1. The molecular formula is C63H45NO. The molecule has 2 nitrogen and oxygen atoms in total. The molecular weight excluding hydrogens is 787 g/mol. The number of fused-ring (bicyclic) bond motifs is 6. The molecule has 1 aliphatic carbocycles. The first kappa shape index (κ1) is 38.5. The number of anilines is 3. The van der Waals surface area contributed by atoms with Crippen molar-refractivity contribution in [1.29, 1.82) is 0 Å². The molecule has 0 amide bonds. The quantitative estimate of drug-likeness (QED) is 0.152. The molecule has 0 radical (unpaired) electrons. The van der Waals surface area contributed by atoms with Gasteiger partial charge in [-0.05, 0) is 145 Å². The minimum Gasteiger partial charge on any atom is -0.456 e. The van der Waals surface area contributed by atoms with Gasteiger partial charge in [0.05, 0.1) is 0 Å². The van der Waals surface area contributed by atoms with Crippen LogP contribution in [0.4, 0.5) is 17.1 Å². The van der Waals surface area contributed by atoms with Crippen molar-refractivity contribution in [3.05, 3.63) is 248 Å². The predicted octanol–water partition coefficient (Wildman–Crippen LogP) is 17.7. The highest BCUT2D eigenvalue weighted by atomic mass is 16.3. The molecule has 0 unspecified atom stereocenters. The predicted molar refractivity (Wildman–Crippen MR) is 273 cm³/mol. The van der Waals surface area contributed by atoms with Crippen molar-refractivity contribution < 1.29 is 4.42 Å². The highest BCUT2D eigenvalue weighted by Gasteiger charge is 2.38. The molecule has 0 bridgehead atoms. The van der Waals surface area contributed by atoms with E-state index in [9.17, 15) is 0 Å². The van der Waals surface area contributed by atoms with E-state index in [1.54, 1.807) is 0 Å². The molecule has 11 aromatic rings. The van der Waals surface area contributed by atoms with E-state index in [1.807, 2.05) is 12.1 Å². The molecule has 1 heterocycles. The van der Waals surface area contributed by atoms with Gasteiger partial charge in [0.25, 0.3) is 0 Å². The summed E-state index contributed by atoms with van der Waals surface area (Å²) in [6.45, 7) is 4.76. The van der Waals surface area contributed by atoms with Crippen molar-refractivity contribution in [2.45, 2.75) is 19.3 Å². The largest absolute Gasteiger partial charge is 0.456 e. The van der Waals surface area contributed by atoms with Crippen molar-refractivity contribution in [2.24, 2.45) is 0 Å². The SMILES string of the molecule is CC1(C)c2ccc(-c3cccc(N(c4ccc(-c5ccccc5)cc4)c4ccc(-c5cccc6oc7ccccc7c56)cc4)c3)cc2-c2c(-c3ccccc3)cc(-c3ccccc3)cc21. The van der Waals surface area contributed by atoms with Crippen LogP contribution >= 0.6 is 0 Å². The Bertz CT molecular complexity index is 3530. The van der Waals surface area contributed by atoms with Gasteiger partial charge in [-0.1, -0.05) is 184 Å². The molecule has 0 saturated heterocycles. The number of hydrogen-bond acceptors (Lipinski definition) is 2. The lowest BCUT2D eigenvalue weighted by molar-refractivity contribution is 0.661. The van der Waals surface area contributed by atoms with Gasteiger partial charge in [0.2, 0.25) is 0 Å². The number of para-hydroxylation sites is 1. The van der Waals surface area contributed by atoms with Crippen molar-refractivity contribution in [2.75, 3.05) is 4.90 Å². The van der Waals surface area contributed by atoms with Crippen LogP contribution in [0.5, 0.6) is 0 Å². The molecule has 0 fully saturated rings. The van der Waals surface area contributed by atoms with Crippen LogP contribution in [0.2, 0.25) is 0 Å². The highest BCUT2D eigenvalue weighted by Crippen LogP contribution is 2.54. The van der Waals surface area contributed by atoms with Crippen LogP contribution in [0, 0.1) is 0 Å². The van der Waals surface area contributed by atoms with Crippen molar-refractivity contribution in [1.82, 2.24) is 0 Å². The van der Waals surface area contributed by atoms with E-state index < -0.39 is 0 Å². The van der Waals surface area contributed by atoms with Crippen LogP contribution in [0.25, 0.3) is 88.7 Å². The third kappa shape index (κ3) is 6.65. The molecule has 65 heavy (non-hydrogen) atoms. The lowest BCUT2D eigenvalue weighted by Gasteiger charge is -2.26. The molecule has 0 saturated carbocycles. The maximum atomic E-state index is 6.27. The lowest BCUT2D eigenvalue weighted by atomic mass is 9.80. The first-order valence-corrected chi connectivity index (χ1v) is 22.5. The lowest BCUT2D eigenvalue weighted by Crippen LogP contribution is -2.15. The summed E-state index contributed by atoms with van der Waals surface area (Å²) in [5, 5.41) is 2.27. The molecule has 0 N–H and O–H groups in total. The topological polar surface area (TPSA) is 16.4 Å². The number of nitrogens with zero attached hydrogens (tertiary/aromatic N) is 1. The fourth-order valence-corrected chi connectivity index (χ4v) is 10.2. The zero-order valence-corrected chi connectivity index (χ0v) is 36.4. The fraction of sp³-hybridized carbons (Fsp3) is 0.0476. The number of rotatable bonds is 8. The molecule has 0 spiro atoms. The minimum absolute atomic E-state index is 0.176. The Morgan fingerprint density at radius 2 is 0.831 bits per heavy atom. The summed E-state index contributed by atoms with van der Waals surface area (Å²) in [6, 6.07) is 85.8. The van der Waals surface area contributed by atoms with Crippen LogP contribution in [-0.4, -0.2) is 0 Å². The normalized spacial score (nSPS) is 12.6. The summed E-state index contributed by atoms with van der Waals surface area (Å²) >= 11 is 0. The zero-order valence-electron chi connectivity index (χ0n) is 36.4. The van der Waals surface area contributed by atoms with Crippen LogP contribution in [-0.2, 0) is 5.41 Å². The Hall–Kier alpha value is -8.20. The molecule has 12 rings (SSSR count). The molecule has 10 aromatic carbocycles. The van der Waals surface area contributed by atoms with Crippen LogP contribution in [0.1, 0.15) is 25.0 Å². The first-order valence-electron chi connectivity index (χ1n) is 22.5. The second-order valence-electron chi connectivity index (χ2n) is 17.7. The summed E-state index contributed by atoms with van der Waals surface area (Å²) in [7, 11) is 0. The van der Waals surface area contributed by atoms with Crippen molar-refractivity contribution in [3.8, 4) is 66.8 Å².